The zero-order valence-corrected chi connectivity index (χ0v) is 14.2. The highest BCUT2D eigenvalue weighted by Crippen LogP contribution is 2.41. The molecule has 2 N–H and O–H groups in total. The minimum atomic E-state index is -0.215. The molecule has 1 aliphatic carbocycles. The summed E-state index contributed by atoms with van der Waals surface area (Å²) in [5.41, 5.74) is 1.10. The highest BCUT2D eigenvalue weighted by atomic mass is 16.5. The molecule has 128 valence electrons. The number of methoxy groups -OCH3 is 1. The molecule has 0 bridgehead atoms. The van der Waals surface area contributed by atoms with E-state index in [-0.39, 0.29) is 18.1 Å². The Morgan fingerprint density at radius 3 is 2.54 bits per heavy atom. The van der Waals surface area contributed by atoms with Crippen LogP contribution in [0.25, 0.3) is 0 Å². The van der Waals surface area contributed by atoms with Gasteiger partial charge in [-0.3, -0.25) is 0 Å². The summed E-state index contributed by atoms with van der Waals surface area (Å²) >= 11 is 0. The van der Waals surface area contributed by atoms with Crippen molar-refractivity contribution >= 4 is 6.03 Å². The fourth-order valence-electron chi connectivity index (χ4n) is 2.84. The number of nitrogens with one attached hydrogen (secondary N) is 2. The van der Waals surface area contributed by atoms with Crippen molar-refractivity contribution in [3.63, 3.8) is 0 Å². The second kappa shape index (κ2) is 6.90. The first-order valence-corrected chi connectivity index (χ1v) is 8.13. The van der Waals surface area contributed by atoms with Crippen LogP contribution >= 0.6 is 0 Å². The van der Waals surface area contributed by atoms with Crippen LogP contribution in [0, 0.1) is 5.92 Å². The van der Waals surface area contributed by atoms with Crippen LogP contribution in [-0.2, 0) is 7.05 Å². The fraction of sp³-hybridized carbons (Fsp3) is 0.471. The molecule has 2 aromatic rings. The van der Waals surface area contributed by atoms with Crippen LogP contribution in [-0.4, -0.2) is 27.9 Å². The molecule has 1 heterocycles. The molecule has 1 aromatic carbocycles. The van der Waals surface area contributed by atoms with E-state index in [9.17, 15) is 4.79 Å². The number of aromatic nitrogens is 3. The average molecular weight is 329 g/mol. The van der Waals surface area contributed by atoms with Crippen LogP contribution in [0.4, 0.5) is 4.79 Å². The molecule has 1 fully saturated rings. The van der Waals surface area contributed by atoms with Gasteiger partial charge in [-0.25, -0.2) is 4.79 Å². The summed E-state index contributed by atoms with van der Waals surface area (Å²) in [5.74, 6) is 2.03. The summed E-state index contributed by atoms with van der Waals surface area (Å²) in [7, 11) is 3.50. The topological polar surface area (TPSA) is 81.1 Å². The van der Waals surface area contributed by atoms with E-state index in [4.69, 9.17) is 4.74 Å². The van der Waals surface area contributed by atoms with Crippen LogP contribution in [0.2, 0.25) is 0 Å². The molecule has 0 radical (unpaired) electrons. The van der Waals surface area contributed by atoms with Gasteiger partial charge in [0.15, 0.2) is 5.82 Å². The lowest BCUT2D eigenvalue weighted by atomic mass is 10.0. The number of carbonyl (C=O) groups excluding carboxylic acids is 1. The van der Waals surface area contributed by atoms with Gasteiger partial charge < -0.3 is 19.9 Å². The number of urea groups is 1. The Kier molecular flexibility index (Phi) is 4.69. The normalized spacial score (nSPS) is 16.3. The smallest absolute Gasteiger partial charge is 0.315 e. The number of aryl methyl sites for hydroxylation is 1. The summed E-state index contributed by atoms with van der Waals surface area (Å²) in [5, 5.41) is 13.9. The summed E-state index contributed by atoms with van der Waals surface area (Å²) in [6, 6.07) is 7.47. The van der Waals surface area contributed by atoms with Gasteiger partial charge in [-0.1, -0.05) is 12.1 Å². The first-order chi connectivity index (χ1) is 11.6. The Balaban J connectivity index is 1.65. The van der Waals surface area contributed by atoms with Crippen LogP contribution < -0.4 is 15.4 Å². The minimum absolute atomic E-state index is 0.0163. The van der Waals surface area contributed by atoms with Crippen molar-refractivity contribution in [1.29, 1.82) is 0 Å². The number of benzene rings is 1. The van der Waals surface area contributed by atoms with Gasteiger partial charge >= 0.3 is 6.03 Å². The summed E-state index contributed by atoms with van der Waals surface area (Å²) in [4.78, 5) is 12.4. The van der Waals surface area contributed by atoms with Gasteiger partial charge in [0.2, 0.25) is 0 Å². The third kappa shape index (κ3) is 3.67. The Bertz CT molecular complexity index is 693. The van der Waals surface area contributed by atoms with Crippen molar-refractivity contribution in [2.24, 2.45) is 13.0 Å². The van der Waals surface area contributed by atoms with Gasteiger partial charge in [0, 0.05) is 7.05 Å². The van der Waals surface area contributed by atoms with Gasteiger partial charge in [-0.05, 0) is 43.4 Å². The van der Waals surface area contributed by atoms with Gasteiger partial charge in [0.25, 0.3) is 0 Å². The highest BCUT2D eigenvalue weighted by molar-refractivity contribution is 5.75. The average Bonchev–Trinajstić information content (AvgIpc) is 3.33. The predicted molar refractivity (Wildman–Crippen MR) is 89.5 cm³/mol. The lowest BCUT2D eigenvalue weighted by Crippen LogP contribution is -2.40. The lowest BCUT2D eigenvalue weighted by Gasteiger charge is -2.21. The molecule has 7 heteroatoms. The molecule has 0 aliphatic heterocycles. The van der Waals surface area contributed by atoms with E-state index in [1.54, 1.807) is 18.0 Å². The highest BCUT2D eigenvalue weighted by Gasteiger charge is 2.33. The van der Waals surface area contributed by atoms with Crippen LogP contribution in [0.3, 0.4) is 0 Å². The maximum Gasteiger partial charge on any atom is 0.315 e. The maximum atomic E-state index is 12.4. The monoisotopic (exact) mass is 329 g/mol. The van der Waals surface area contributed by atoms with E-state index in [1.807, 2.05) is 38.2 Å². The Morgan fingerprint density at radius 1 is 1.29 bits per heavy atom. The first-order valence-electron chi connectivity index (χ1n) is 8.13. The molecule has 2 amide bonds. The van der Waals surface area contributed by atoms with Crippen molar-refractivity contribution < 1.29 is 9.53 Å². The minimum Gasteiger partial charge on any atom is -0.497 e. The second-order valence-corrected chi connectivity index (χ2v) is 6.23. The molecule has 0 unspecified atom stereocenters. The summed E-state index contributed by atoms with van der Waals surface area (Å²) in [6.45, 7) is 1.89. The van der Waals surface area contributed by atoms with Gasteiger partial charge in [-0.2, -0.15) is 0 Å². The zero-order chi connectivity index (χ0) is 17.1. The third-order valence-electron chi connectivity index (χ3n) is 4.34. The predicted octanol–water partition coefficient (Wildman–Crippen LogP) is 2.34. The van der Waals surface area contributed by atoms with E-state index in [2.05, 4.69) is 20.8 Å². The number of carbonyl (C=O) groups is 1. The molecule has 1 aliphatic rings. The number of ether oxygens (including phenoxy) is 1. The van der Waals surface area contributed by atoms with E-state index in [0.717, 1.165) is 30.0 Å². The molecular formula is C17H23N5O2. The van der Waals surface area contributed by atoms with Crippen LogP contribution in [0.15, 0.2) is 30.6 Å². The molecule has 24 heavy (non-hydrogen) atoms. The van der Waals surface area contributed by atoms with Crippen molar-refractivity contribution in [1.82, 2.24) is 25.4 Å². The molecule has 1 saturated carbocycles. The summed E-state index contributed by atoms with van der Waals surface area (Å²) in [6.07, 6.45) is 3.89. The summed E-state index contributed by atoms with van der Waals surface area (Å²) < 4.78 is 6.99. The number of nitrogens with zero attached hydrogens (tertiary/aromatic N) is 3. The number of amides is 2. The third-order valence-corrected chi connectivity index (χ3v) is 4.34. The number of hydrogen-bond donors (Lipinski definition) is 2. The van der Waals surface area contributed by atoms with Gasteiger partial charge in [0.05, 0.1) is 19.2 Å². The van der Waals surface area contributed by atoms with E-state index in [1.165, 1.54) is 0 Å². The van der Waals surface area contributed by atoms with Crippen molar-refractivity contribution in [3.05, 3.63) is 42.0 Å². The Morgan fingerprint density at radius 2 is 2.00 bits per heavy atom. The molecule has 7 nitrogen and oxygen atoms in total. The van der Waals surface area contributed by atoms with Crippen LogP contribution in [0.5, 0.6) is 5.75 Å². The van der Waals surface area contributed by atoms with Gasteiger partial charge in [-0.15, -0.1) is 10.2 Å². The molecule has 2 atom stereocenters. The molecule has 0 saturated heterocycles. The van der Waals surface area contributed by atoms with E-state index in [0.29, 0.717) is 5.92 Å². The molecule has 1 aromatic heterocycles. The quantitative estimate of drug-likeness (QED) is 0.852. The molecule has 3 rings (SSSR count). The number of hydrogen-bond acceptors (Lipinski definition) is 4. The van der Waals surface area contributed by atoms with Crippen molar-refractivity contribution in [2.75, 3.05) is 7.11 Å². The molecule has 0 spiro atoms. The van der Waals surface area contributed by atoms with Gasteiger partial charge in [0.1, 0.15) is 12.1 Å². The van der Waals surface area contributed by atoms with Crippen molar-refractivity contribution in [2.45, 2.75) is 31.8 Å². The zero-order valence-electron chi connectivity index (χ0n) is 14.2. The second-order valence-electron chi connectivity index (χ2n) is 6.23. The van der Waals surface area contributed by atoms with E-state index >= 15 is 0 Å². The number of rotatable bonds is 6. The van der Waals surface area contributed by atoms with Crippen LogP contribution in [0.1, 0.15) is 43.2 Å². The Hall–Kier alpha value is -2.57. The lowest BCUT2D eigenvalue weighted by molar-refractivity contribution is 0.232. The molecular weight excluding hydrogens is 306 g/mol. The first kappa shape index (κ1) is 16.3. The Labute approximate surface area is 141 Å². The largest absolute Gasteiger partial charge is 0.497 e. The maximum absolute atomic E-state index is 12.4. The standard InChI is InChI=1S/C17H23N5O2/c1-11(16-21-18-10-22(16)2)19-17(23)20-15(12-4-5-12)13-6-8-14(24-3)9-7-13/h6-12,15H,4-5H2,1-3H3,(H2,19,20,23)/t11-,15-/m1/s1. The van der Waals surface area contributed by atoms with E-state index < -0.39 is 0 Å². The SMILES string of the molecule is COc1ccc([C@H](NC(=O)N[C@H](C)c2nncn2C)C2CC2)cc1. The fourth-order valence-corrected chi connectivity index (χ4v) is 2.84. The van der Waals surface area contributed by atoms with Crippen molar-refractivity contribution in [3.8, 4) is 5.75 Å².